The van der Waals surface area contributed by atoms with Gasteiger partial charge in [-0.2, -0.15) is 0 Å². The number of hydrogen-bond acceptors (Lipinski definition) is 4. The Kier molecular flexibility index (Phi) is 5.29. The Morgan fingerprint density at radius 2 is 2.18 bits per heavy atom. The van der Waals surface area contributed by atoms with Crippen LogP contribution in [-0.4, -0.2) is 37.9 Å². The Balaban J connectivity index is 2.68. The van der Waals surface area contributed by atoms with Crippen molar-refractivity contribution in [1.29, 1.82) is 0 Å². The molecule has 0 bridgehead atoms. The summed E-state index contributed by atoms with van der Waals surface area (Å²) in [6, 6.07) is 4.55. The first-order valence-corrected chi connectivity index (χ1v) is 5.44. The molecule has 0 atom stereocenters. The van der Waals surface area contributed by atoms with Gasteiger partial charge in [0.15, 0.2) is 11.5 Å². The molecule has 0 spiro atoms. The molecule has 0 amide bonds. The normalized spacial score (nSPS) is 10.0. The molecule has 0 aliphatic heterocycles. The maximum atomic E-state index is 10.8. The van der Waals surface area contributed by atoms with Gasteiger partial charge in [0.2, 0.25) is 0 Å². The Hall–Kier alpha value is -1.75. The predicted molar refractivity (Wildman–Crippen MR) is 64.0 cm³/mol. The van der Waals surface area contributed by atoms with Crippen molar-refractivity contribution in [3.63, 3.8) is 0 Å². The highest BCUT2D eigenvalue weighted by atomic mass is 16.5. The van der Waals surface area contributed by atoms with E-state index in [9.17, 15) is 4.79 Å². The van der Waals surface area contributed by atoms with E-state index in [2.05, 4.69) is 5.32 Å². The molecule has 0 saturated carbocycles. The molecule has 5 nitrogen and oxygen atoms in total. The van der Waals surface area contributed by atoms with Gasteiger partial charge in [-0.15, -0.1) is 0 Å². The van der Waals surface area contributed by atoms with E-state index < -0.39 is 5.97 Å². The van der Waals surface area contributed by atoms with Crippen molar-refractivity contribution < 1.29 is 19.4 Å². The van der Waals surface area contributed by atoms with E-state index in [1.165, 1.54) is 19.2 Å². The van der Waals surface area contributed by atoms with Gasteiger partial charge in [-0.3, -0.25) is 0 Å². The minimum Gasteiger partial charge on any atom is -0.493 e. The summed E-state index contributed by atoms with van der Waals surface area (Å²) in [5.74, 6) is -0.000647. The Bertz CT molecular complexity index is 379. The largest absolute Gasteiger partial charge is 0.493 e. The molecule has 94 valence electrons. The summed E-state index contributed by atoms with van der Waals surface area (Å²) in [5.41, 5.74) is 0.181. The number of hydrogen-bond donors (Lipinski definition) is 2. The first-order chi connectivity index (χ1) is 8.19. The van der Waals surface area contributed by atoms with Crippen molar-refractivity contribution in [1.82, 2.24) is 5.32 Å². The van der Waals surface area contributed by atoms with Gasteiger partial charge in [0.05, 0.1) is 12.7 Å². The maximum absolute atomic E-state index is 10.8. The van der Waals surface area contributed by atoms with E-state index in [-0.39, 0.29) is 5.56 Å². The number of aromatic carboxylic acids is 1. The smallest absolute Gasteiger partial charge is 0.335 e. The molecule has 17 heavy (non-hydrogen) atoms. The van der Waals surface area contributed by atoms with Crippen LogP contribution in [0.5, 0.6) is 11.5 Å². The lowest BCUT2D eigenvalue weighted by molar-refractivity contribution is 0.0696. The van der Waals surface area contributed by atoms with Crippen molar-refractivity contribution in [2.45, 2.75) is 6.92 Å². The van der Waals surface area contributed by atoms with Crippen molar-refractivity contribution >= 4 is 5.97 Å². The van der Waals surface area contributed by atoms with Crippen LogP contribution in [0.15, 0.2) is 18.2 Å². The van der Waals surface area contributed by atoms with E-state index in [1.54, 1.807) is 6.07 Å². The molecule has 0 heterocycles. The van der Waals surface area contributed by atoms with Crippen LogP contribution in [-0.2, 0) is 0 Å². The molecule has 1 aromatic rings. The summed E-state index contributed by atoms with van der Waals surface area (Å²) >= 11 is 0. The third kappa shape index (κ3) is 3.96. The highest BCUT2D eigenvalue weighted by Gasteiger charge is 2.09. The lowest BCUT2D eigenvalue weighted by atomic mass is 10.2. The van der Waals surface area contributed by atoms with E-state index in [1.807, 2.05) is 6.92 Å². The Morgan fingerprint density at radius 3 is 2.76 bits per heavy atom. The molecule has 0 aliphatic carbocycles. The quantitative estimate of drug-likeness (QED) is 0.704. The Labute approximate surface area is 100 Å². The summed E-state index contributed by atoms with van der Waals surface area (Å²) in [4.78, 5) is 10.8. The predicted octanol–water partition coefficient (Wildman–Crippen LogP) is 1.38. The average molecular weight is 239 g/mol. The number of nitrogens with one attached hydrogen (secondary N) is 1. The van der Waals surface area contributed by atoms with Gasteiger partial charge >= 0.3 is 5.97 Å². The zero-order valence-electron chi connectivity index (χ0n) is 10.0. The molecular formula is C12H17NO4. The maximum Gasteiger partial charge on any atom is 0.335 e. The summed E-state index contributed by atoms with van der Waals surface area (Å²) in [5, 5.41) is 12.0. The molecule has 0 aliphatic rings. The number of carboxylic acids is 1. The van der Waals surface area contributed by atoms with E-state index in [0.717, 1.165) is 13.1 Å². The third-order valence-corrected chi connectivity index (χ3v) is 2.20. The van der Waals surface area contributed by atoms with Crippen LogP contribution in [0.25, 0.3) is 0 Å². The van der Waals surface area contributed by atoms with E-state index >= 15 is 0 Å². The molecule has 5 heteroatoms. The lowest BCUT2D eigenvalue weighted by Gasteiger charge is -2.11. The number of methoxy groups -OCH3 is 1. The monoisotopic (exact) mass is 239 g/mol. The second-order valence-electron chi connectivity index (χ2n) is 3.37. The van der Waals surface area contributed by atoms with Gasteiger partial charge in [0.1, 0.15) is 6.61 Å². The Morgan fingerprint density at radius 1 is 1.41 bits per heavy atom. The van der Waals surface area contributed by atoms with Crippen molar-refractivity contribution in [2.24, 2.45) is 0 Å². The fourth-order valence-electron chi connectivity index (χ4n) is 1.33. The molecule has 1 aromatic carbocycles. The van der Waals surface area contributed by atoms with Crippen LogP contribution in [0.2, 0.25) is 0 Å². The van der Waals surface area contributed by atoms with Crippen LogP contribution in [0, 0.1) is 0 Å². The fourth-order valence-corrected chi connectivity index (χ4v) is 1.33. The van der Waals surface area contributed by atoms with Crippen molar-refractivity contribution in [3.05, 3.63) is 23.8 Å². The van der Waals surface area contributed by atoms with Crippen LogP contribution >= 0.6 is 0 Å². The van der Waals surface area contributed by atoms with Gasteiger partial charge in [0.25, 0.3) is 0 Å². The number of rotatable bonds is 7. The molecule has 2 N–H and O–H groups in total. The standard InChI is InChI=1S/C12H17NO4/c1-3-13-6-7-17-10-5-4-9(12(14)15)8-11(10)16-2/h4-5,8,13H,3,6-7H2,1-2H3,(H,14,15). The topological polar surface area (TPSA) is 67.8 Å². The zero-order chi connectivity index (χ0) is 12.7. The second kappa shape index (κ2) is 6.75. The fraction of sp³-hybridized carbons (Fsp3) is 0.417. The second-order valence-corrected chi connectivity index (χ2v) is 3.37. The molecule has 0 fully saturated rings. The molecular weight excluding hydrogens is 222 g/mol. The van der Waals surface area contributed by atoms with Gasteiger partial charge < -0.3 is 19.9 Å². The van der Waals surface area contributed by atoms with Crippen LogP contribution in [0.4, 0.5) is 0 Å². The van der Waals surface area contributed by atoms with Gasteiger partial charge in [0, 0.05) is 6.54 Å². The lowest BCUT2D eigenvalue weighted by Crippen LogP contribution is -2.20. The van der Waals surface area contributed by atoms with E-state index in [4.69, 9.17) is 14.6 Å². The number of benzene rings is 1. The van der Waals surface area contributed by atoms with Crippen LogP contribution in [0.1, 0.15) is 17.3 Å². The number of carboxylic acid groups (broad SMARTS) is 1. The van der Waals surface area contributed by atoms with Gasteiger partial charge in [-0.25, -0.2) is 4.79 Å². The molecule has 0 unspecified atom stereocenters. The SMILES string of the molecule is CCNCCOc1ccc(C(=O)O)cc1OC. The van der Waals surface area contributed by atoms with E-state index in [0.29, 0.717) is 18.1 Å². The first-order valence-electron chi connectivity index (χ1n) is 5.44. The van der Waals surface area contributed by atoms with Crippen molar-refractivity contribution in [3.8, 4) is 11.5 Å². The summed E-state index contributed by atoms with van der Waals surface area (Å²) in [6.45, 7) is 4.15. The first kappa shape index (κ1) is 13.3. The van der Waals surface area contributed by atoms with Gasteiger partial charge in [-0.1, -0.05) is 6.92 Å². The summed E-state index contributed by atoms with van der Waals surface area (Å²) in [7, 11) is 1.48. The van der Waals surface area contributed by atoms with Crippen LogP contribution in [0.3, 0.4) is 0 Å². The minimum absolute atomic E-state index is 0.181. The summed E-state index contributed by atoms with van der Waals surface area (Å²) in [6.07, 6.45) is 0. The molecule has 1 rings (SSSR count). The average Bonchev–Trinajstić information content (AvgIpc) is 2.34. The number of likely N-dealkylation sites (N-methyl/N-ethyl adjacent to an activating group) is 1. The molecule has 0 radical (unpaired) electrons. The van der Waals surface area contributed by atoms with Crippen LogP contribution < -0.4 is 14.8 Å². The number of carbonyl (C=O) groups is 1. The zero-order valence-corrected chi connectivity index (χ0v) is 10.0. The van der Waals surface area contributed by atoms with Gasteiger partial charge in [-0.05, 0) is 24.7 Å². The highest BCUT2D eigenvalue weighted by Crippen LogP contribution is 2.27. The third-order valence-electron chi connectivity index (χ3n) is 2.20. The molecule has 0 aromatic heterocycles. The molecule has 0 saturated heterocycles. The minimum atomic E-state index is -0.984. The summed E-state index contributed by atoms with van der Waals surface area (Å²) < 4.78 is 10.6. The number of ether oxygens (including phenoxy) is 2. The highest BCUT2D eigenvalue weighted by molar-refractivity contribution is 5.88. The van der Waals surface area contributed by atoms with Crippen molar-refractivity contribution in [2.75, 3.05) is 26.8 Å².